The number of nitrogens with zero attached hydrogens (tertiary/aromatic N) is 3. The van der Waals surface area contributed by atoms with E-state index in [2.05, 4.69) is 15.0 Å². The molecule has 11 heteroatoms. The molecule has 1 N–H and O–H groups in total. The number of carbonyl (C=O) groups excluding carboxylic acids is 3. The molecule has 0 spiro atoms. The summed E-state index contributed by atoms with van der Waals surface area (Å²) in [5.41, 5.74) is 0.129. The van der Waals surface area contributed by atoms with Gasteiger partial charge in [-0.05, 0) is 45.6 Å². The number of hydrogen-bond donors (Lipinski definition) is 1. The smallest absolute Gasteiger partial charge is 0.445 e. The molecule has 0 aliphatic carbocycles. The molecule has 0 bridgehead atoms. The average molecular weight is 501 g/mol. The van der Waals surface area contributed by atoms with Crippen LogP contribution in [0.3, 0.4) is 0 Å². The Morgan fingerprint density at radius 2 is 1.89 bits per heavy atom. The van der Waals surface area contributed by atoms with Crippen LogP contribution >= 0.6 is 0 Å². The van der Waals surface area contributed by atoms with Gasteiger partial charge >= 0.3 is 17.9 Å². The topological polar surface area (TPSA) is 133 Å². The normalized spacial score (nSPS) is 21.2. The van der Waals surface area contributed by atoms with Crippen molar-refractivity contribution < 1.29 is 28.4 Å². The minimum Gasteiger partial charge on any atom is -0.445 e. The Labute approximate surface area is 208 Å². The van der Waals surface area contributed by atoms with Gasteiger partial charge in [-0.1, -0.05) is 41.9 Å². The number of carbonyl (C=O) groups is 3. The van der Waals surface area contributed by atoms with E-state index in [0.717, 1.165) is 10.1 Å². The summed E-state index contributed by atoms with van der Waals surface area (Å²) < 4.78 is 16.2. The van der Waals surface area contributed by atoms with Crippen molar-refractivity contribution in [3.63, 3.8) is 0 Å². The van der Waals surface area contributed by atoms with Crippen LogP contribution in [0, 0.1) is 5.92 Å². The Hall–Kier alpha value is -3.63. The number of fused-ring (bicyclic) bond motifs is 1. The van der Waals surface area contributed by atoms with E-state index < -0.39 is 23.5 Å². The van der Waals surface area contributed by atoms with Gasteiger partial charge in [0, 0.05) is 13.0 Å². The summed E-state index contributed by atoms with van der Waals surface area (Å²) in [5, 5.41) is 6.72. The third-order valence-corrected chi connectivity index (χ3v) is 6.38. The second kappa shape index (κ2) is 10.5. The van der Waals surface area contributed by atoms with Gasteiger partial charge in [0.15, 0.2) is 5.82 Å². The van der Waals surface area contributed by atoms with Gasteiger partial charge in [-0.15, -0.1) is 0 Å². The van der Waals surface area contributed by atoms with E-state index in [1.807, 2.05) is 30.3 Å². The van der Waals surface area contributed by atoms with Gasteiger partial charge in [0.25, 0.3) is 0 Å². The maximum Gasteiger partial charge on any atom is 0.451 e. The molecule has 2 fully saturated rings. The Balaban J connectivity index is 1.32. The highest BCUT2D eigenvalue weighted by molar-refractivity contribution is 5.84. The maximum absolute atomic E-state index is 12.8. The molecule has 194 valence electrons. The van der Waals surface area contributed by atoms with E-state index in [-0.39, 0.29) is 36.3 Å². The minimum atomic E-state index is -0.895. The Morgan fingerprint density at radius 3 is 2.61 bits per heavy atom. The third-order valence-electron chi connectivity index (χ3n) is 6.38. The monoisotopic (exact) mass is 500 g/mol. The first-order chi connectivity index (χ1) is 17.1. The SMILES string of the molecule is CC(C)(C)OC(=O)n1c(CCCC[C@H]2C(=O)N[C@H]3CCN(C(=O)OCc4ccccc4)[C@@H]32)noc1=O. The van der Waals surface area contributed by atoms with Crippen LogP contribution in [0.25, 0.3) is 0 Å². The largest absolute Gasteiger partial charge is 0.451 e. The van der Waals surface area contributed by atoms with E-state index in [4.69, 9.17) is 9.47 Å². The predicted octanol–water partition coefficient (Wildman–Crippen LogP) is 2.86. The number of unbranched alkanes of at least 4 members (excludes halogenated alkanes) is 1. The molecule has 1 aromatic carbocycles. The van der Waals surface area contributed by atoms with E-state index in [1.165, 1.54) is 0 Å². The Morgan fingerprint density at radius 1 is 1.14 bits per heavy atom. The van der Waals surface area contributed by atoms with Crippen LogP contribution in [0.15, 0.2) is 39.6 Å². The summed E-state index contributed by atoms with van der Waals surface area (Å²) in [6.45, 7) is 5.81. The van der Waals surface area contributed by atoms with Crippen LogP contribution in [-0.4, -0.2) is 56.9 Å². The first-order valence-electron chi connectivity index (χ1n) is 12.2. The molecular formula is C25H32N4O7. The number of hydrogen-bond acceptors (Lipinski definition) is 8. The zero-order valence-electron chi connectivity index (χ0n) is 20.8. The summed E-state index contributed by atoms with van der Waals surface area (Å²) in [5.74, 6) is -1.15. The van der Waals surface area contributed by atoms with Crippen LogP contribution < -0.4 is 11.1 Å². The number of aryl methyl sites for hydroxylation is 1. The van der Waals surface area contributed by atoms with Crippen LogP contribution in [0.5, 0.6) is 0 Å². The fourth-order valence-corrected chi connectivity index (χ4v) is 4.80. The molecule has 4 rings (SSSR count). The first kappa shape index (κ1) is 25.5. The standard InChI is InChI=1S/C25H32N4O7/c1-25(2,3)35-23(32)29-19(27-36-24(29)33)12-8-7-11-17-20-18(26-21(17)30)13-14-28(20)22(31)34-15-16-9-5-4-6-10-16/h4-6,9-10,17-18,20H,7-8,11-15H2,1-3H3,(H,26,30)/t17-,18+,20-/m1/s1. The fourth-order valence-electron chi connectivity index (χ4n) is 4.80. The second-order valence-electron chi connectivity index (χ2n) is 10.2. The highest BCUT2D eigenvalue weighted by Crippen LogP contribution is 2.34. The Bertz CT molecular complexity index is 1150. The number of aromatic nitrogens is 2. The quantitative estimate of drug-likeness (QED) is 0.574. The number of rotatable bonds is 7. The minimum absolute atomic E-state index is 0.0716. The number of benzene rings is 1. The summed E-state index contributed by atoms with van der Waals surface area (Å²) in [4.78, 5) is 51.4. The molecule has 2 aliphatic rings. The maximum atomic E-state index is 12.8. The van der Waals surface area contributed by atoms with E-state index in [0.29, 0.717) is 38.6 Å². The molecule has 0 unspecified atom stereocenters. The lowest BCUT2D eigenvalue weighted by Crippen LogP contribution is -2.42. The van der Waals surface area contributed by atoms with Gasteiger partial charge in [0.2, 0.25) is 5.91 Å². The number of likely N-dealkylation sites (tertiary alicyclic amines) is 1. The van der Waals surface area contributed by atoms with Gasteiger partial charge < -0.3 is 19.7 Å². The molecule has 2 aromatic rings. The summed E-state index contributed by atoms with van der Waals surface area (Å²) in [6.07, 6.45) is 1.47. The van der Waals surface area contributed by atoms with Gasteiger partial charge in [-0.2, -0.15) is 4.57 Å². The van der Waals surface area contributed by atoms with Gasteiger partial charge in [-0.25, -0.2) is 14.4 Å². The first-order valence-corrected chi connectivity index (χ1v) is 12.2. The third kappa shape index (κ3) is 5.77. The van der Waals surface area contributed by atoms with Crippen LogP contribution in [0.1, 0.15) is 57.8 Å². The molecule has 2 amide bonds. The summed E-state index contributed by atoms with van der Waals surface area (Å²) in [7, 11) is 0. The van der Waals surface area contributed by atoms with Crippen molar-refractivity contribution in [3.8, 4) is 0 Å². The molecule has 11 nitrogen and oxygen atoms in total. The van der Waals surface area contributed by atoms with Crippen LogP contribution in [0.2, 0.25) is 0 Å². The predicted molar refractivity (Wildman–Crippen MR) is 127 cm³/mol. The number of ether oxygens (including phenoxy) is 2. The lowest BCUT2D eigenvalue weighted by Gasteiger charge is -2.26. The molecule has 2 saturated heterocycles. The summed E-state index contributed by atoms with van der Waals surface area (Å²) >= 11 is 0. The lowest BCUT2D eigenvalue weighted by molar-refractivity contribution is -0.123. The highest BCUT2D eigenvalue weighted by atomic mass is 16.6. The van der Waals surface area contributed by atoms with E-state index >= 15 is 0 Å². The zero-order chi connectivity index (χ0) is 25.9. The van der Waals surface area contributed by atoms with E-state index in [9.17, 15) is 19.2 Å². The number of amides is 2. The van der Waals surface area contributed by atoms with Crippen molar-refractivity contribution in [2.45, 2.75) is 77.2 Å². The van der Waals surface area contributed by atoms with Crippen molar-refractivity contribution in [3.05, 3.63) is 52.3 Å². The molecular weight excluding hydrogens is 468 g/mol. The zero-order valence-corrected chi connectivity index (χ0v) is 20.8. The van der Waals surface area contributed by atoms with Crippen LogP contribution in [-0.2, 0) is 27.3 Å². The molecule has 0 radical (unpaired) electrons. The molecule has 3 atom stereocenters. The lowest BCUT2D eigenvalue weighted by atomic mass is 9.93. The van der Waals surface area contributed by atoms with Crippen molar-refractivity contribution in [2.75, 3.05) is 6.54 Å². The second-order valence-corrected chi connectivity index (χ2v) is 10.2. The molecule has 2 aliphatic heterocycles. The van der Waals surface area contributed by atoms with Crippen molar-refractivity contribution >= 4 is 18.1 Å². The summed E-state index contributed by atoms with van der Waals surface area (Å²) in [6, 6.07) is 9.11. The van der Waals surface area contributed by atoms with Gasteiger partial charge in [0.1, 0.15) is 12.2 Å². The van der Waals surface area contributed by atoms with Crippen molar-refractivity contribution in [1.82, 2.24) is 19.9 Å². The fraction of sp³-hybridized carbons (Fsp3) is 0.560. The highest BCUT2D eigenvalue weighted by Gasteiger charge is 2.50. The van der Waals surface area contributed by atoms with E-state index in [1.54, 1.807) is 25.7 Å². The molecule has 36 heavy (non-hydrogen) atoms. The van der Waals surface area contributed by atoms with Crippen molar-refractivity contribution in [1.29, 1.82) is 0 Å². The van der Waals surface area contributed by atoms with Gasteiger partial charge in [-0.3, -0.25) is 9.32 Å². The molecule has 1 aromatic heterocycles. The Kier molecular flexibility index (Phi) is 7.46. The number of nitrogens with one attached hydrogen (secondary N) is 1. The molecule has 3 heterocycles. The van der Waals surface area contributed by atoms with Gasteiger partial charge in [0.05, 0.1) is 18.0 Å². The van der Waals surface area contributed by atoms with Crippen LogP contribution in [0.4, 0.5) is 9.59 Å². The average Bonchev–Trinajstić information content (AvgIpc) is 3.48. The molecule has 0 saturated carbocycles. The van der Waals surface area contributed by atoms with Crippen molar-refractivity contribution in [2.24, 2.45) is 5.92 Å².